The molecule has 2 amide bonds. The zero-order valence-corrected chi connectivity index (χ0v) is 17.2. The van der Waals surface area contributed by atoms with Crippen LogP contribution in [-0.4, -0.2) is 43.0 Å². The van der Waals surface area contributed by atoms with Crippen molar-refractivity contribution in [1.29, 1.82) is 0 Å². The Labute approximate surface area is 175 Å². The SMILES string of the molecule is CCN(CC)C(=O)c1cccc(NC(=O)/C=C/c2cc(Cl)c3c(c2)OCCO3)c1. The number of carbonyl (C=O) groups excluding carboxylic acids is 2. The van der Waals surface area contributed by atoms with Crippen LogP contribution in [0.2, 0.25) is 5.02 Å². The fraction of sp³-hybridized carbons (Fsp3) is 0.273. The van der Waals surface area contributed by atoms with Gasteiger partial charge in [-0.3, -0.25) is 9.59 Å². The molecule has 2 aromatic carbocycles. The topological polar surface area (TPSA) is 67.9 Å². The first-order valence-electron chi connectivity index (χ1n) is 9.49. The van der Waals surface area contributed by atoms with Crippen LogP contribution >= 0.6 is 11.6 Å². The second-order valence-corrected chi connectivity index (χ2v) is 6.81. The van der Waals surface area contributed by atoms with Crippen molar-refractivity contribution in [2.75, 3.05) is 31.6 Å². The van der Waals surface area contributed by atoms with E-state index in [2.05, 4.69) is 5.32 Å². The third-order valence-electron chi connectivity index (χ3n) is 4.47. The first-order valence-corrected chi connectivity index (χ1v) is 9.87. The van der Waals surface area contributed by atoms with Crippen molar-refractivity contribution in [2.24, 2.45) is 0 Å². The van der Waals surface area contributed by atoms with Gasteiger partial charge in [-0.1, -0.05) is 17.7 Å². The van der Waals surface area contributed by atoms with E-state index in [9.17, 15) is 9.59 Å². The Morgan fingerprint density at radius 1 is 1.14 bits per heavy atom. The van der Waals surface area contributed by atoms with E-state index in [1.54, 1.807) is 47.4 Å². The van der Waals surface area contributed by atoms with Gasteiger partial charge in [0.05, 0.1) is 5.02 Å². The van der Waals surface area contributed by atoms with E-state index in [-0.39, 0.29) is 11.8 Å². The molecule has 6 nitrogen and oxygen atoms in total. The predicted molar refractivity (Wildman–Crippen MR) is 114 cm³/mol. The molecule has 0 unspecified atom stereocenters. The molecule has 3 rings (SSSR count). The lowest BCUT2D eigenvalue weighted by Gasteiger charge is -2.19. The van der Waals surface area contributed by atoms with Crippen molar-refractivity contribution in [3.05, 3.63) is 58.6 Å². The van der Waals surface area contributed by atoms with Crippen LogP contribution in [0.4, 0.5) is 5.69 Å². The fourth-order valence-corrected chi connectivity index (χ4v) is 3.28. The molecule has 0 aromatic heterocycles. The molecule has 0 aliphatic carbocycles. The lowest BCUT2D eigenvalue weighted by molar-refractivity contribution is -0.111. The number of halogens is 1. The molecule has 1 aliphatic heterocycles. The molecule has 29 heavy (non-hydrogen) atoms. The average molecular weight is 415 g/mol. The number of ether oxygens (including phenoxy) is 2. The van der Waals surface area contributed by atoms with E-state index in [1.807, 2.05) is 13.8 Å². The van der Waals surface area contributed by atoms with Crippen LogP contribution in [0.3, 0.4) is 0 Å². The van der Waals surface area contributed by atoms with Crippen molar-refractivity contribution < 1.29 is 19.1 Å². The summed E-state index contributed by atoms with van der Waals surface area (Å²) in [5, 5.41) is 3.21. The van der Waals surface area contributed by atoms with Crippen molar-refractivity contribution in [3.8, 4) is 11.5 Å². The maximum atomic E-state index is 12.5. The highest BCUT2D eigenvalue weighted by atomic mass is 35.5. The molecule has 0 bridgehead atoms. The standard InChI is InChI=1S/C22H23ClN2O4/c1-3-25(4-2)22(27)16-6-5-7-17(14-16)24-20(26)9-8-15-12-18(23)21-19(13-15)28-10-11-29-21/h5-9,12-14H,3-4,10-11H2,1-2H3,(H,24,26)/b9-8+. The summed E-state index contributed by atoms with van der Waals surface area (Å²) in [5.41, 5.74) is 1.81. The minimum Gasteiger partial charge on any atom is -0.486 e. The molecule has 1 aliphatic rings. The van der Waals surface area contributed by atoms with Gasteiger partial charge >= 0.3 is 0 Å². The Morgan fingerprint density at radius 3 is 2.66 bits per heavy atom. The van der Waals surface area contributed by atoms with Gasteiger partial charge in [0.2, 0.25) is 5.91 Å². The summed E-state index contributed by atoms with van der Waals surface area (Å²) in [4.78, 5) is 26.5. The largest absolute Gasteiger partial charge is 0.486 e. The Bertz CT molecular complexity index is 938. The molecular formula is C22H23ClN2O4. The summed E-state index contributed by atoms with van der Waals surface area (Å²) in [6.45, 7) is 6.04. The molecule has 0 saturated heterocycles. The molecule has 0 saturated carbocycles. The van der Waals surface area contributed by atoms with E-state index >= 15 is 0 Å². The first kappa shape index (κ1) is 20.7. The molecule has 7 heteroatoms. The molecule has 1 heterocycles. The van der Waals surface area contributed by atoms with Gasteiger partial charge in [-0.15, -0.1) is 0 Å². The summed E-state index contributed by atoms with van der Waals surface area (Å²) < 4.78 is 11.0. The first-order chi connectivity index (χ1) is 14.0. The van der Waals surface area contributed by atoms with Crippen LogP contribution in [-0.2, 0) is 4.79 Å². The molecule has 0 spiro atoms. The van der Waals surface area contributed by atoms with Gasteiger partial charge in [-0.2, -0.15) is 0 Å². The molecule has 152 valence electrons. The molecule has 0 radical (unpaired) electrons. The Morgan fingerprint density at radius 2 is 1.90 bits per heavy atom. The number of fused-ring (bicyclic) bond motifs is 1. The number of benzene rings is 2. The number of hydrogen-bond donors (Lipinski definition) is 1. The van der Waals surface area contributed by atoms with Gasteiger partial charge in [0.15, 0.2) is 11.5 Å². The number of carbonyl (C=O) groups is 2. The zero-order valence-electron chi connectivity index (χ0n) is 16.4. The zero-order chi connectivity index (χ0) is 20.8. The molecular weight excluding hydrogens is 392 g/mol. The van der Waals surface area contributed by atoms with Crippen LogP contribution in [0.1, 0.15) is 29.8 Å². The summed E-state index contributed by atoms with van der Waals surface area (Å²) in [6.07, 6.45) is 3.05. The summed E-state index contributed by atoms with van der Waals surface area (Å²) in [6, 6.07) is 10.4. The maximum absolute atomic E-state index is 12.5. The highest BCUT2D eigenvalue weighted by Gasteiger charge is 2.16. The van der Waals surface area contributed by atoms with Crippen LogP contribution in [0, 0.1) is 0 Å². The van der Waals surface area contributed by atoms with E-state index in [0.717, 1.165) is 5.56 Å². The number of anilines is 1. The lowest BCUT2D eigenvalue weighted by Crippen LogP contribution is -2.30. The molecule has 1 N–H and O–H groups in total. The molecule has 2 aromatic rings. The number of nitrogens with one attached hydrogen (secondary N) is 1. The Balaban J connectivity index is 1.69. The monoisotopic (exact) mass is 414 g/mol. The minimum absolute atomic E-state index is 0.0624. The van der Waals surface area contributed by atoms with Gasteiger partial charge in [0, 0.05) is 30.4 Å². The number of rotatable bonds is 6. The van der Waals surface area contributed by atoms with Gasteiger partial charge in [0.1, 0.15) is 13.2 Å². The van der Waals surface area contributed by atoms with Crippen molar-refractivity contribution in [2.45, 2.75) is 13.8 Å². The van der Waals surface area contributed by atoms with Crippen LogP contribution in [0.5, 0.6) is 11.5 Å². The second kappa shape index (κ2) is 9.47. The lowest BCUT2D eigenvalue weighted by atomic mass is 10.1. The van der Waals surface area contributed by atoms with Gasteiger partial charge in [-0.25, -0.2) is 0 Å². The van der Waals surface area contributed by atoms with E-state index < -0.39 is 0 Å². The van der Waals surface area contributed by atoms with Gasteiger partial charge in [0.25, 0.3) is 5.91 Å². The maximum Gasteiger partial charge on any atom is 0.253 e. The summed E-state index contributed by atoms with van der Waals surface area (Å²) >= 11 is 6.21. The average Bonchev–Trinajstić information content (AvgIpc) is 2.73. The van der Waals surface area contributed by atoms with Crippen LogP contribution in [0.15, 0.2) is 42.5 Å². The quantitative estimate of drug-likeness (QED) is 0.717. The summed E-state index contributed by atoms with van der Waals surface area (Å²) in [5.74, 6) is 0.705. The van der Waals surface area contributed by atoms with Crippen LogP contribution in [0.25, 0.3) is 6.08 Å². The Kier molecular flexibility index (Phi) is 6.77. The van der Waals surface area contributed by atoms with Crippen LogP contribution < -0.4 is 14.8 Å². The normalized spacial score (nSPS) is 12.7. The number of hydrogen-bond acceptors (Lipinski definition) is 4. The Hall–Kier alpha value is -2.99. The highest BCUT2D eigenvalue weighted by molar-refractivity contribution is 6.32. The van der Waals surface area contributed by atoms with E-state index in [4.69, 9.17) is 21.1 Å². The number of amides is 2. The van der Waals surface area contributed by atoms with E-state index in [1.165, 1.54) is 6.08 Å². The molecule has 0 atom stereocenters. The minimum atomic E-state index is -0.316. The summed E-state index contributed by atoms with van der Waals surface area (Å²) in [7, 11) is 0. The van der Waals surface area contributed by atoms with Crippen molar-refractivity contribution in [1.82, 2.24) is 4.90 Å². The highest BCUT2D eigenvalue weighted by Crippen LogP contribution is 2.38. The van der Waals surface area contributed by atoms with Gasteiger partial charge < -0.3 is 19.7 Å². The van der Waals surface area contributed by atoms with Gasteiger partial charge in [-0.05, 0) is 55.8 Å². The van der Waals surface area contributed by atoms with Crippen molar-refractivity contribution in [3.63, 3.8) is 0 Å². The smallest absolute Gasteiger partial charge is 0.253 e. The third kappa shape index (κ3) is 5.09. The third-order valence-corrected chi connectivity index (χ3v) is 4.75. The van der Waals surface area contributed by atoms with Crippen molar-refractivity contribution >= 4 is 35.2 Å². The second-order valence-electron chi connectivity index (χ2n) is 6.41. The molecule has 0 fully saturated rings. The predicted octanol–water partition coefficient (Wildman–Crippen LogP) is 4.25. The number of nitrogens with zero attached hydrogens (tertiary/aromatic N) is 1. The fourth-order valence-electron chi connectivity index (χ4n) is 3.01. The van der Waals surface area contributed by atoms with E-state index in [0.29, 0.717) is 54.1 Å².